The van der Waals surface area contributed by atoms with E-state index < -0.39 is 17.3 Å². The molecule has 1 saturated heterocycles. The smallest absolute Gasteiger partial charge is 0.374 e. The number of halogens is 3. The molecule has 1 aromatic carbocycles. The van der Waals surface area contributed by atoms with Crippen molar-refractivity contribution >= 4 is 5.91 Å². The van der Waals surface area contributed by atoms with Crippen molar-refractivity contribution in [2.45, 2.75) is 38.6 Å². The predicted octanol–water partition coefficient (Wildman–Crippen LogP) is 3.34. The lowest BCUT2D eigenvalue weighted by Crippen LogP contribution is -2.57. The van der Waals surface area contributed by atoms with Gasteiger partial charge in [-0.3, -0.25) is 4.79 Å². The van der Waals surface area contributed by atoms with Crippen LogP contribution in [0.2, 0.25) is 0 Å². The van der Waals surface area contributed by atoms with Gasteiger partial charge in [-0.1, -0.05) is 0 Å². The number of alkyl halides is 3. The molecule has 1 aromatic rings. The van der Waals surface area contributed by atoms with Gasteiger partial charge >= 0.3 is 6.18 Å². The molecule has 1 heterocycles. The first-order valence-electron chi connectivity index (χ1n) is 6.72. The van der Waals surface area contributed by atoms with Gasteiger partial charge in [-0.15, -0.1) is 0 Å². The van der Waals surface area contributed by atoms with Crippen molar-refractivity contribution in [3.8, 4) is 0 Å². The third-order valence-corrected chi connectivity index (χ3v) is 3.60. The Balaban J connectivity index is 2.23. The number of morpholine rings is 1. The minimum atomic E-state index is -4.39. The molecule has 0 aromatic heterocycles. The lowest BCUT2D eigenvalue weighted by Gasteiger charge is -2.44. The number of carbonyl (C=O) groups excluding carboxylic acids is 1. The molecule has 2 rings (SSSR count). The Kier molecular flexibility index (Phi) is 4.02. The summed E-state index contributed by atoms with van der Waals surface area (Å²) in [5, 5.41) is 0. The normalized spacial score (nSPS) is 22.2. The maximum Gasteiger partial charge on any atom is 0.416 e. The first-order chi connectivity index (χ1) is 9.61. The van der Waals surface area contributed by atoms with Crippen LogP contribution in [0, 0.1) is 0 Å². The second-order valence-corrected chi connectivity index (χ2v) is 5.92. The zero-order valence-electron chi connectivity index (χ0n) is 12.2. The molecule has 0 unspecified atom stereocenters. The van der Waals surface area contributed by atoms with Gasteiger partial charge < -0.3 is 9.64 Å². The summed E-state index contributed by atoms with van der Waals surface area (Å²) in [4.78, 5) is 14.2. The monoisotopic (exact) mass is 301 g/mol. The molecule has 1 atom stereocenters. The van der Waals surface area contributed by atoms with Gasteiger partial charge in [0.2, 0.25) is 0 Å². The second-order valence-electron chi connectivity index (χ2n) is 5.92. The summed E-state index contributed by atoms with van der Waals surface area (Å²) in [5.41, 5.74) is -0.981. The fourth-order valence-electron chi connectivity index (χ4n) is 2.30. The number of hydrogen-bond donors (Lipinski definition) is 0. The van der Waals surface area contributed by atoms with Crippen LogP contribution >= 0.6 is 0 Å². The van der Waals surface area contributed by atoms with E-state index in [4.69, 9.17) is 4.74 Å². The Bertz CT molecular complexity index is 523. The zero-order valence-corrected chi connectivity index (χ0v) is 12.2. The molecular weight excluding hydrogens is 283 g/mol. The summed E-state index contributed by atoms with van der Waals surface area (Å²) in [6.07, 6.45) is -4.48. The summed E-state index contributed by atoms with van der Waals surface area (Å²) in [6.45, 7) is 6.44. The molecule has 1 aliphatic heterocycles. The molecule has 3 nitrogen and oxygen atoms in total. The van der Waals surface area contributed by atoms with Crippen LogP contribution in [-0.4, -0.2) is 35.6 Å². The van der Waals surface area contributed by atoms with E-state index >= 15 is 0 Å². The third-order valence-electron chi connectivity index (χ3n) is 3.60. The van der Waals surface area contributed by atoms with Gasteiger partial charge in [0.25, 0.3) is 5.91 Å². The Morgan fingerprint density at radius 2 is 1.86 bits per heavy atom. The lowest BCUT2D eigenvalue weighted by atomic mass is 9.99. The first-order valence-corrected chi connectivity index (χ1v) is 6.72. The van der Waals surface area contributed by atoms with Crippen molar-refractivity contribution in [1.29, 1.82) is 0 Å². The molecule has 21 heavy (non-hydrogen) atoms. The molecule has 6 heteroatoms. The number of carbonyl (C=O) groups is 1. The first kappa shape index (κ1) is 15.8. The average Bonchev–Trinajstić information content (AvgIpc) is 2.40. The van der Waals surface area contributed by atoms with E-state index in [2.05, 4.69) is 0 Å². The van der Waals surface area contributed by atoms with Crippen LogP contribution < -0.4 is 0 Å². The largest absolute Gasteiger partial charge is 0.416 e. The SMILES string of the molecule is C[C@@H]1CN(C(=O)c2ccc(C(F)(F)F)cc2)C(C)(C)CO1. The molecule has 0 spiro atoms. The van der Waals surface area contributed by atoms with E-state index in [1.165, 1.54) is 12.1 Å². The molecule has 0 bridgehead atoms. The fraction of sp³-hybridized carbons (Fsp3) is 0.533. The van der Waals surface area contributed by atoms with E-state index in [-0.39, 0.29) is 17.6 Å². The van der Waals surface area contributed by atoms with Crippen LogP contribution in [0.15, 0.2) is 24.3 Å². The topological polar surface area (TPSA) is 29.5 Å². The maximum atomic E-state index is 12.5. The van der Waals surface area contributed by atoms with Gasteiger partial charge in [-0.05, 0) is 45.0 Å². The van der Waals surface area contributed by atoms with Gasteiger partial charge in [-0.25, -0.2) is 0 Å². The Hall–Kier alpha value is -1.56. The minimum absolute atomic E-state index is 0.0866. The van der Waals surface area contributed by atoms with Gasteiger partial charge in [0.1, 0.15) is 0 Å². The highest BCUT2D eigenvalue weighted by atomic mass is 19.4. The molecule has 0 N–H and O–H groups in total. The van der Waals surface area contributed by atoms with E-state index in [0.29, 0.717) is 13.2 Å². The van der Waals surface area contributed by atoms with E-state index in [9.17, 15) is 18.0 Å². The van der Waals surface area contributed by atoms with Gasteiger partial charge in [-0.2, -0.15) is 13.2 Å². The van der Waals surface area contributed by atoms with Crippen molar-refractivity contribution in [2.75, 3.05) is 13.2 Å². The summed E-state index contributed by atoms with van der Waals surface area (Å²) in [7, 11) is 0. The van der Waals surface area contributed by atoms with Crippen LogP contribution in [0.1, 0.15) is 36.7 Å². The van der Waals surface area contributed by atoms with Crippen LogP contribution in [0.4, 0.5) is 13.2 Å². The number of benzene rings is 1. The number of amides is 1. The zero-order chi connectivity index (χ0) is 15.8. The highest BCUT2D eigenvalue weighted by Crippen LogP contribution is 2.30. The number of rotatable bonds is 1. The Labute approximate surface area is 121 Å². The predicted molar refractivity (Wildman–Crippen MR) is 72.0 cm³/mol. The van der Waals surface area contributed by atoms with Crippen molar-refractivity contribution in [3.63, 3.8) is 0 Å². The number of hydrogen-bond acceptors (Lipinski definition) is 2. The molecule has 1 fully saturated rings. The standard InChI is InChI=1S/C15H18F3NO2/c1-10-8-19(14(2,3)9-21-10)13(20)11-4-6-12(7-5-11)15(16,17)18/h4-7,10H,8-9H2,1-3H3/t10-/m1/s1. The van der Waals surface area contributed by atoms with E-state index in [1.54, 1.807) is 4.90 Å². The summed E-state index contributed by atoms with van der Waals surface area (Å²) >= 11 is 0. The molecule has 116 valence electrons. The minimum Gasteiger partial charge on any atom is -0.374 e. The summed E-state index contributed by atoms with van der Waals surface area (Å²) in [5.74, 6) is -0.274. The van der Waals surface area contributed by atoms with Gasteiger partial charge in [0.15, 0.2) is 0 Å². The van der Waals surface area contributed by atoms with Crippen LogP contribution in [0.5, 0.6) is 0 Å². The average molecular weight is 301 g/mol. The van der Waals surface area contributed by atoms with Crippen molar-refractivity contribution in [1.82, 2.24) is 4.90 Å². The van der Waals surface area contributed by atoms with Crippen LogP contribution in [0.3, 0.4) is 0 Å². The Morgan fingerprint density at radius 1 is 1.29 bits per heavy atom. The molecule has 0 aliphatic carbocycles. The molecule has 1 amide bonds. The third kappa shape index (κ3) is 3.37. The van der Waals surface area contributed by atoms with Crippen LogP contribution in [0.25, 0.3) is 0 Å². The highest BCUT2D eigenvalue weighted by Gasteiger charge is 2.37. The number of ether oxygens (including phenoxy) is 1. The Morgan fingerprint density at radius 3 is 2.38 bits per heavy atom. The van der Waals surface area contributed by atoms with Crippen molar-refractivity contribution < 1.29 is 22.7 Å². The van der Waals surface area contributed by atoms with Crippen LogP contribution in [-0.2, 0) is 10.9 Å². The summed E-state index contributed by atoms with van der Waals surface area (Å²) in [6, 6.07) is 4.32. The lowest BCUT2D eigenvalue weighted by molar-refractivity contribution is -0.137. The van der Waals surface area contributed by atoms with Crippen molar-refractivity contribution in [3.05, 3.63) is 35.4 Å². The van der Waals surface area contributed by atoms with Crippen molar-refractivity contribution in [2.24, 2.45) is 0 Å². The molecule has 1 aliphatic rings. The summed E-state index contributed by atoms with van der Waals surface area (Å²) < 4.78 is 43.1. The molecule has 0 saturated carbocycles. The second kappa shape index (κ2) is 5.33. The number of nitrogens with zero attached hydrogens (tertiary/aromatic N) is 1. The highest BCUT2D eigenvalue weighted by molar-refractivity contribution is 5.94. The van der Waals surface area contributed by atoms with Gasteiger partial charge in [0.05, 0.1) is 23.8 Å². The molecule has 0 radical (unpaired) electrons. The quantitative estimate of drug-likeness (QED) is 0.796. The fourth-order valence-corrected chi connectivity index (χ4v) is 2.30. The van der Waals surface area contributed by atoms with E-state index in [1.807, 2.05) is 20.8 Å². The molecular formula is C15H18F3NO2. The maximum absolute atomic E-state index is 12.5. The van der Waals surface area contributed by atoms with E-state index in [0.717, 1.165) is 12.1 Å². The van der Waals surface area contributed by atoms with Gasteiger partial charge in [0, 0.05) is 12.1 Å².